The lowest BCUT2D eigenvalue weighted by Gasteiger charge is -2.69. The fourth-order valence-corrected chi connectivity index (χ4v) is 4.28. The van der Waals surface area contributed by atoms with Gasteiger partial charge in [-0.3, -0.25) is 4.79 Å². The molecule has 1 aromatic carbocycles. The zero-order chi connectivity index (χ0) is 13.1. The maximum Gasteiger partial charge on any atom is 0.261 e. The van der Waals surface area contributed by atoms with E-state index in [4.69, 9.17) is 4.74 Å². The van der Waals surface area contributed by atoms with E-state index in [2.05, 4.69) is 18.3 Å². The summed E-state index contributed by atoms with van der Waals surface area (Å²) in [6.07, 6.45) is 4.85. The van der Waals surface area contributed by atoms with Crippen molar-refractivity contribution in [3.05, 3.63) is 29.8 Å². The number of aryl methyl sites for hydroxylation is 1. The Morgan fingerprint density at radius 2 is 2.05 bits per heavy atom. The molecule has 1 unspecified atom stereocenters. The molecule has 3 aliphatic carbocycles. The van der Waals surface area contributed by atoms with Crippen LogP contribution in [0.5, 0.6) is 5.75 Å². The van der Waals surface area contributed by atoms with Gasteiger partial charge in [-0.25, -0.2) is 0 Å². The lowest BCUT2D eigenvalue weighted by atomic mass is 9.40. The Kier molecular flexibility index (Phi) is 2.10. The van der Waals surface area contributed by atoms with E-state index in [0.29, 0.717) is 5.41 Å². The van der Waals surface area contributed by atoms with Gasteiger partial charge in [0.2, 0.25) is 0 Å². The number of benzene rings is 1. The van der Waals surface area contributed by atoms with Gasteiger partial charge >= 0.3 is 0 Å². The van der Waals surface area contributed by atoms with E-state index in [9.17, 15) is 4.79 Å². The minimum absolute atomic E-state index is 0.0799. The molecule has 3 fully saturated rings. The third-order valence-electron chi connectivity index (χ3n) is 4.89. The van der Waals surface area contributed by atoms with Gasteiger partial charge in [-0.2, -0.15) is 0 Å². The van der Waals surface area contributed by atoms with Crippen LogP contribution in [0, 0.1) is 5.41 Å². The lowest BCUT2D eigenvalue weighted by Crippen LogP contribution is -2.74. The molecule has 19 heavy (non-hydrogen) atoms. The van der Waals surface area contributed by atoms with Crippen LogP contribution in [-0.2, 0) is 11.2 Å². The molecule has 1 heterocycles. The number of amides is 1. The number of carbonyl (C=O) groups excluding carboxylic acids is 1. The second-order valence-electron chi connectivity index (χ2n) is 6.86. The van der Waals surface area contributed by atoms with Crippen LogP contribution in [0.3, 0.4) is 0 Å². The Morgan fingerprint density at radius 3 is 2.79 bits per heavy atom. The normalized spacial score (nSPS) is 38.3. The molecule has 1 atom stereocenters. The summed E-state index contributed by atoms with van der Waals surface area (Å²) in [5, 5.41) is 3.22. The molecule has 100 valence electrons. The van der Waals surface area contributed by atoms with Gasteiger partial charge in [0.15, 0.2) is 6.10 Å². The Bertz CT molecular complexity index is 532. The topological polar surface area (TPSA) is 38.3 Å². The molecular weight excluding hydrogens is 238 g/mol. The van der Waals surface area contributed by atoms with Gasteiger partial charge in [-0.15, -0.1) is 0 Å². The first kappa shape index (κ1) is 11.3. The minimum atomic E-state index is -0.309. The van der Waals surface area contributed by atoms with E-state index in [-0.39, 0.29) is 17.6 Å². The molecule has 2 bridgehead atoms. The second kappa shape index (κ2) is 3.53. The van der Waals surface area contributed by atoms with Crippen LogP contribution in [-0.4, -0.2) is 17.6 Å². The summed E-state index contributed by atoms with van der Waals surface area (Å²) in [4.78, 5) is 12.3. The highest BCUT2D eigenvalue weighted by Crippen LogP contribution is 2.66. The molecule has 0 spiro atoms. The molecule has 3 nitrogen and oxygen atoms in total. The SMILES string of the molecule is CC12CC(NC(=O)C3CCc4ccccc4O3)(C1)C2. The van der Waals surface area contributed by atoms with E-state index in [0.717, 1.165) is 37.9 Å². The Hall–Kier alpha value is -1.51. The van der Waals surface area contributed by atoms with Crippen LogP contribution in [0.2, 0.25) is 0 Å². The minimum Gasteiger partial charge on any atom is -0.480 e. The number of para-hydroxylation sites is 1. The molecule has 1 aliphatic heterocycles. The molecule has 3 heteroatoms. The molecule has 0 radical (unpaired) electrons. The summed E-state index contributed by atoms with van der Waals surface area (Å²) in [6.45, 7) is 2.30. The van der Waals surface area contributed by atoms with Crippen molar-refractivity contribution < 1.29 is 9.53 Å². The summed E-state index contributed by atoms with van der Waals surface area (Å²) < 4.78 is 5.84. The van der Waals surface area contributed by atoms with Gasteiger partial charge in [0.25, 0.3) is 5.91 Å². The molecule has 0 saturated heterocycles. The second-order valence-corrected chi connectivity index (χ2v) is 6.86. The van der Waals surface area contributed by atoms with Gasteiger partial charge in [0.1, 0.15) is 5.75 Å². The van der Waals surface area contributed by atoms with E-state index in [1.807, 2.05) is 18.2 Å². The summed E-state index contributed by atoms with van der Waals surface area (Å²) in [5.74, 6) is 0.953. The molecule has 5 rings (SSSR count). The van der Waals surface area contributed by atoms with Crippen molar-refractivity contribution in [3.63, 3.8) is 0 Å². The zero-order valence-electron chi connectivity index (χ0n) is 11.2. The van der Waals surface area contributed by atoms with Crippen molar-refractivity contribution in [2.75, 3.05) is 0 Å². The summed E-state index contributed by atoms with van der Waals surface area (Å²) in [7, 11) is 0. The van der Waals surface area contributed by atoms with Gasteiger partial charge in [0, 0.05) is 5.54 Å². The predicted molar refractivity (Wildman–Crippen MR) is 72.0 cm³/mol. The fourth-order valence-electron chi connectivity index (χ4n) is 4.28. The summed E-state index contributed by atoms with van der Waals surface area (Å²) in [6, 6.07) is 8.01. The average Bonchev–Trinajstić information content (AvgIpc) is 2.35. The van der Waals surface area contributed by atoms with E-state index < -0.39 is 0 Å². The maximum atomic E-state index is 12.3. The quantitative estimate of drug-likeness (QED) is 0.883. The summed E-state index contributed by atoms with van der Waals surface area (Å²) in [5.41, 5.74) is 1.85. The average molecular weight is 257 g/mol. The third-order valence-corrected chi connectivity index (χ3v) is 4.89. The molecule has 3 saturated carbocycles. The lowest BCUT2D eigenvalue weighted by molar-refractivity contribution is -0.161. The Morgan fingerprint density at radius 1 is 1.32 bits per heavy atom. The van der Waals surface area contributed by atoms with Crippen molar-refractivity contribution in [2.24, 2.45) is 5.41 Å². The fraction of sp³-hybridized carbons (Fsp3) is 0.562. The number of nitrogens with one attached hydrogen (secondary N) is 1. The first-order chi connectivity index (χ1) is 9.08. The molecule has 1 amide bonds. The van der Waals surface area contributed by atoms with Crippen LogP contribution in [0.1, 0.15) is 38.2 Å². The van der Waals surface area contributed by atoms with E-state index in [1.165, 1.54) is 5.56 Å². The van der Waals surface area contributed by atoms with Crippen molar-refractivity contribution in [1.82, 2.24) is 5.32 Å². The van der Waals surface area contributed by atoms with E-state index in [1.54, 1.807) is 0 Å². The van der Waals surface area contributed by atoms with Crippen molar-refractivity contribution in [2.45, 2.75) is 50.7 Å². The van der Waals surface area contributed by atoms with Crippen molar-refractivity contribution in [3.8, 4) is 5.75 Å². The first-order valence-corrected chi connectivity index (χ1v) is 7.14. The zero-order valence-corrected chi connectivity index (χ0v) is 11.2. The van der Waals surface area contributed by atoms with Crippen LogP contribution >= 0.6 is 0 Å². The van der Waals surface area contributed by atoms with Crippen LogP contribution in [0.4, 0.5) is 0 Å². The molecule has 4 aliphatic rings. The van der Waals surface area contributed by atoms with Crippen LogP contribution in [0.25, 0.3) is 0 Å². The number of carbonyl (C=O) groups is 1. The van der Waals surface area contributed by atoms with Crippen molar-refractivity contribution in [1.29, 1.82) is 0 Å². The van der Waals surface area contributed by atoms with E-state index >= 15 is 0 Å². The molecule has 0 aromatic heterocycles. The standard InChI is InChI=1S/C16H19NO2/c1-15-8-16(9-15,10-15)17-14(18)13-7-6-11-4-2-3-5-12(11)19-13/h2-5,13H,6-10H2,1H3,(H,17,18). The number of fused-ring (bicyclic) bond motifs is 1. The number of rotatable bonds is 2. The Balaban J connectivity index is 1.42. The monoisotopic (exact) mass is 257 g/mol. The van der Waals surface area contributed by atoms with Crippen LogP contribution < -0.4 is 10.1 Å². The highest BCUT2D eigenvalue weighted by atomic mass is 16.5. The molecular formula is C16H19NO2. The highest BCUT2D eigenvalue weighted by molar-refractivity contribution is 5.82. The van der Waals surface area contributed by atoms with Gasteiger partial charge in [-0.05, 0) is 49.1 Å². The third kappa shape index (κ3) is 1.67. The first-order valence-electron chi connectivity index (χ1n) is 7.14. The Labute approximate surface area is 113 Å². The van der Waals surface area contributed by atoms with Gasteiger partial charge < -0.3 is 10.1 Å². The van der Waals surface area contributed by atoms with Crippen molar-refractivity contribution >= 4 is 5.91 Å². The molecule has 1 aromatic rings. The maximum absolute atomic E-state index is 12.3. The van der Waals surface area contributed by atoms with Crippen LogP contribution in [0.15, 0.2) is 24.3 Å². The number of hydrogen-bond acceptors (Lipinski definition) is 2. The molecule has 1 N–H and O–H groups in total. The predicted octanol–water partition coefficient (Wildman–Crippen LogP) is 2.44. The smallest absolute Gasteiger partial charge is 0.261 e. The highest BCUT2D eigenvalue weighted by Gasteiger charge is 2.65. The van der Waals surface area contributed by atoms with Gasteiger partial charge in [-0.1, -0.05) is 25.1 Å². The summed E-state index contributed by atoms with van der Waals surface area (Å²) >= 11 is 0. The number of ether oxygens (including phenoxy) is 1. The largest absolute Gasteiger partial charge is 0.480 e. The number of hydrogen-bond donors (Lipinski definition) is 1. The van der Waals surface area contributed by atoms with Gasteiger partial charge in [0.05, 0.1) is 0 Å².